The molecule has 5 rings (SSSR count). The number of aromatic nitrogens is 3. The quantitative estimate of drug-likeness (QED) is 0.0815. The number of aliphatic imine (C=N–C) groups is 1. The largest absolute Gasteiger partial charge is 0.372 e. The first-order chi connectivity index (χ1) is 22.6. The molecule has 1 aliphatic rings. The van der Waals surface area contributed by atoms with Crippen LogP contribution in [0.4, 0.5) is 0 Å². The summed E-state index contributed by atoms with van der Waals surface area (Å²) in [6.45, 7) is 19.0. The lowest BCUT2D eigenvalue weighted by Gasteiger charge is -2.23. The molecule has 0 radical (unpaired) electrons. The Morgan fingerprint density at radius 3 is 2.40 bits per heavy atom. The predicted octanol–water partition coefficient (Wildman–Crippen LogP) is 5.45. The minimum atomic E-state index is -0.301. The minimum Gasteiger partial charge on any atom is -0.372 e. The Morgan fingerprint density at radius 1 is 1.02 bits per heavy atom. The van der Waals surface area contributed by atoms with E-state index in [0.29, 0.717) is 18.2 Å². The smallest absolute Gasteiger partial charge is 0.354 e. The van der Waals surface area contributed by atoms with Crippen LogP contribution in [0.2, 0.25) is 0 Å². The number of ether oxygens (including phenoxy) is 1. The van der Waals surface area contributed by atoms with Gasteiger partial charge >= 0.3 is 5.69 Å². The zero-order valence-electron chi connectivity index (χ0n) is 30.0. The van der Waals surface area contributed by atoms with Gasteiger partial charge in [-0.15, -0.1) is 0 Å². The number of aryl methyl sites for hydroxylation is 1. The molecular formula is C38H56N8O2. The van der Waals surface area contributed by atoms with Crippen molar-refractivity contribution in [2.75, 3.05) is 13.1 Å². The maximum atomic E-state index is 12.5. The van der Waals surface area contributed by atoms with Crippen LogP contribution in [0.15, 0.2) is 58.4 Å². The van der Waals surface area contributed by atoms with Gasteiger partial charge in [0.25, 0.3) is 0 Å². The third-order valence-electron chi connectivity index (χ3n) is 8.50. The van der Waals surface area contributed by atoms with Crippen LogP contribution in [0.1, 0.15) is 101 Å². The summed E-state index contributed by atoms with van der Waals surface area (Å²) in [5, 5.41) is 4.27. The summed E-state index contributed by atoms with van der Waals surface area (Å²) in [6.07, 6.45) is 6.09. The van der Waals surface area contributed by atoms with Crippen LogP contribution in [0, 0.1) is 0 Å². The van der Waals surface area contributed by atoms with Crippen molar-refractivity contribution in [2.45, 2.75) is 111 Å². The summed E-state index contributed by atoms with van der Waals surface area (Å²) < 4.78 is 7.21. The first kappa shape index (κ1) is 36.8. The van der Waals surface area contributed by atoms with Crippen molar-refractivity contribution in [2.24, 2.45) is 22.2 Å². The van der Waals surface area contributed by atoms with Crippen molar-refractivity contribution < 1.29 is 4.74 Å². The molecule has 0 saturated carbocycles. The monoisotopic (exact) mass is 656 g/mol. The molecule has 10 heteroatoms. The van der Waals surface area contributed by atoms with E-state index in [4.69, 9.17) is 21.9 Å². The van der Waals surface area contributed by atoms with Crippen molar-refractivity contribution >= 4 is 17.0 Å². The fraction of sp³-hybridized carbons (Fsp3) is 0.500. The van der Waals surface area contributed by atoms with Crippen molar-refractivity contribution in [3.8, 4) is 5.69 Å². The second-order valence-electron chi connectivity index (χ2n) is 15.0. The molecule has 260 valence electrons. The normalized spacial score (nSPS) is 13.6. The zero-order chi connectivity index (χ0) is 35.1. The molecule has 0 aliphatic carbocycles. The molecule has 0 amide bonds. The summed E-state index contributed by atoms with van der Waals surface area (Å²) >= 11 is 0. The van der Waals surface area contributed by atoms with E-state index in [-0.39, 0.29) is 22.5 Å². The molecule has 0 fully saturated rings. The molecule has 2 aromatic heterocycles. The van der Waals surface area contributed by atoms with Crippen LogP contribution in [0.5, 0.6) is 0 Å². The Hall–Kier alpha value is -3.99. The maximum Gasteiger partial charge on any atom is 0.354 e. The number of hydrogen-bond acceptors (Lipinski definition) is 6. The molecule has 1 atom stereocenters. The number of aromatic amines is 1. The number of nitrogens with one attached hydrogen (secondary N) is 2. The molecule has 0 unspecified atom stereocenters. The Kier molecular flexibility index (Phi) is 12.2. The Labute approximate surface area is 285 Å². The van der Waals surface area contributed by atoms with Gasteiger partial charge in [-0.05, 0) is 90.6 Å². The highest BCUT2D eigenvalue weighted by molar-refractivity contribution is 5.76. The first-order valence-corrected chi connectivity index (χ1v) is 17.1. The Bertz CT molecular complexity index is 1730. The maximum absolute atomic E-state index is 12.5. The van der Waals surface area contributed by atoms with Crippen molar-refractivity contribution in [1.82, 2.24) is 19.9 Å². The molecule has 8 N–H and O–H groups in total. The van der Waals surface area contributed by atoms with Crippen molar-refractivity contribution in [3.63, 3.8) is 0 Å². The van der Waals surface area contributed by atoms with Crippen LogP contribution < -0.4 is 28.2 Å². The first-order valence-electron chi connectivity index (χ1n) is 17.1. The van der Waals surface area contributed by atoms with E-state index in [1.165, 1.54) is 28.7 Å². The van der Waals surface area contributed by atoms with Gasteiger partial charge in [0.1, 0.15) is 5.65 Å². The van der Waals surface area contributed by atoms with E-state index in [1.54, 1.807) is 4.57 Å². The van der Waals surface area contributed by atoms with Gasteiger partial charge in [0.15, 0.2) is 5.96 Å². The lowest BCUT2D eigenvalue weighted by atomic mass is 9.81. The van der Waals surface area contributed by atoms with Gasteiger partial charge in [-0.2, -0.15) is 4.98 Å². The highest BCUT2D eigenvalue weighted by Crippen LogP contribution is 2.34. The van der Waals surface area contributed by atoms with Crippen LogP contribution in [-0.4, -0.2) is 39.6 Å². The number of benzene rings is 2. The molecule has 0 saturated heterocycles. The van der Waals surface area contributed by atoms with Gasteiger partial charge in [0.05, 0.1) is 18.9 Å². The summed E-state index contributed by atoms with van der Waals surface area (Å²) in [4.78, 5) is 23.9. The van der Waals surface area contributed by atoms with Gasteiger partial charge in [0, 0.05) is 41.8 Å². The van der Waals surface area contributed by atoms with Crippen molar-refractivity contribution in [3.05, 3.63) is 92.7 Å². The molecule has 0 bridgehead atoms. The number of guanidine groups is 1. The van der Waals surface area contributed by atoms with Crippen LogP contribution in [-0.2, 0) is 41.7 Å². The van der Waals surface area contributed by atoms with Gasteiger partial charge in [-0.1, -0.05) is 65.8 Å². The van der Waals surface area contributed by atoms with Gasteiger partial charge < -0.3 is 32.2 Å². The van der Waals surface area contributed by atoms with Crippen LogP contribution in [0.25, 0.3) is 16.7 Å². The summed E-state index contributed by atoms with van der Waals surface area (Å²) in [6, 6.07) is 15.0. The van der Waals surface area contributed by atoms with E-state index < -0.39 is 0 Å². The number of H-pyrrole nitrogens is 1. The topological polar surface area (TPSA) is 162 Å². The number of hydrogen-bond donors (Lipinski definition) is 5. The number of nitrogens with zero attached hydrogens (tertiary/aromatic N) is 3. The second kappa shape index (κ2) is 15.9. The SMILES string of the molecule is CC(C)(C)c1cc2cn(-c3ccc(CNCCCN=C(N)N)cc3)c(=O)nc2[nH]1.C[C@H](N)CCCc1cc2c(c(C(C)(C)C)c1)COC2. The Morgan fingerprint density at radius 2 is 1.75 bits per heavy atom. The van der Waals surface area contributed by atoms with Crippen LogP contribution in [0.3, 0.4) is 0 Å². The third kappa shape index (κ3) is 10.3. The van der Waals surface area contributed by atoms with E-state index >= 15 is 0 Å². The van der Waals surface area contributed by atoms with E-state index in [0.717, 1.165) is 67.9 Å². The Balaban J connectivity index is 0.000000237. The van der Waals surface area contributed by atoms with Gasteiger partial charge in [0.2, 0.25) is 0 Å². The molecule has 48 heavy (non-hydrogen) atoms. The average Bonchev–Trinajstić information content (AvgIpc) is 3.65. The highest BCUT2D eigenvalue weighted by Gasteiger charge is 2.24. The highest BCUT2D eigenvalue weighted by atomic mass is 16.5. The number of nitrogens with two attached hydrogens (primary N) is 3. The fourth-order valence-electron chi connectivity index (χ4n) is 5.80. The zero-order valence-corrected chi connectivity index (χ0v) is 30.0. The van der Waals surface area contributed by atoms with E-state index in [9.17, 15) is 4.79 Å². The lowest BCUT2D eigenvalue weighted by molar-refractivity contribution is 0.134. The summed E-state index contributed by atoms with van der Waals surface area (Å²) in [7, 11) is 0. The molecule has 3 heterocycles. The predicted molar refractivity (Wildman–Crippen MR) is 198 cm³/mol. The summed E-state index contributed by atoms with van der Waals surface area (Å²) in [5.41, 5.74) is 25.6. The molecule has 0 spiro atoms. The van der Waals surface area contributed by atoms with Gasteiger partial charge in [-0.3, -0.25) is 9.56 Å². The average molecular weight is 657 g/mol. The third-order valence-corrected chi connectivity index (χ3v) is 8.50. The molecule has 10 nitrogen and oxygen atoms in total. The second-order valence-corrected chi connectivity index (χ2v) is 15.0. The van der Waals surface area contributed by atoms with E-state index in [1.807, 2.05) is 30.5 Å². The number of rotatable bonds is 11. The van der Waals surface area contributed by atoms with Gasteiger partial charge in [-0.25, -0.2) is 4.79 Å². The van der Waals surface area contributed by atoms with Crippen LogP contribution >= 0.6 is 0 Å². The lowest BCUT2D eigenvalue weighted by Crippen LogP contribution is -2.23. The standard InChI is InChI=1S/C21H29N7O.C17H27NO/c1-21(2,3)17-11-15-13-28(20(29)27-18(15)26-17)16-7-5-14(6-8-16)12-24-9-4-10-25-19(22)23;1-12(18)6-5-7-13-8-14-10-19-11-15(14)16(9-13)17(2,3)4/h5-8,11,13,24H,4,9-10,12H2,1-3H3,(H4,22,23,25)(H,26,27,29);8-9,12H,5-7,10-11,18H2,1-4H3/t;12-/m.0/s1. The number of fused-ring (bicyclic) bond motifs is 2. The summed E-state index contributed by atoms with van der Waals surface area (Å²) in [5.74, 6) is 0.123. The fourth-order valence-corrected chi connectivity index (χ4v) is 5.80. The minimum absolute atomic E-state index is 0.0352. The van der Waals surface area contributed by atoms with E-state index in [2.05, 4.69) is 86.9 Å². The molecular weight excluding hydrogens is 600 g/mol. The molecule has 4 aromatic rings. The molecule has 2 aromatic carbocycles. The van der Waals surface area contributed by atoms with Crippen molar-refractivity contribution in [1.29, 1.82) is 0 Å². The molecule has 1 aliphatic heterocycles.